The molecule has 0 aliphatic rings. The molecular formula is C21H20N4O3S. The summed E-state index contributed by atoms with van der Waals surface area (Å²) in [4.78, 5) is 8.62. The van der Waals surface area contributed by atoms with Gasteiger partial charge in [0.15, 0.2) is 5.82 Å². The van der Waals surface area contributed by atoms with Gasteiger partial charge >= 0.3 is 5.84 Å². The average molecular weight is 408 g/mol. The molecule has 0 radical (unpaired) electrons. The summed E-state index contributed by atoms with van der Waals surface area (Å²) in [5, 5.41) is 4.63. The second-order valence-corrected chi connectivity index (χ2v) is 6.61. The maximum absolute atomic E-state index is 5.97. The lowest BCUT2D eigenvalue weighted by Gasteiger charge is -2.13. The lowest BCUT2D eigenvalue weighted by atomic mass is 10.1. The van der Waals surface area contributed by atoms with Crippen molar-refractivity contribution in [1.29, 1.82) is 0 Å². The molecule has 0 aliphatic carbocycles. The Morgan fingerprint density at radius 1 is 1.07 bits per heavy atom. The van der Waals surface area contributed by atoms with Crippen molar-refractivity contribution in [2.45, 2.75) is 20.3 Å². The van der Waals surface area contributed by atoms with E-state index in [1.54, 1.807) is 11.6 Å². The van der Waals surface area contributed by atoms with Crippen molar-refractivity contribution in [2.75, 3.05) is 13.7 Å². The number of fused-ring (bicyclic) bond motifs is 1. The number of aryl methyl sites for hydroxylation is 1. The van der Waals surface area contributed by atoms with Gasteiger partial charge in [0.1, 0.15) is 11.5 Å². The van der Waals surface area contributed by atoms with Crippen LogP contribution >= 0.6 is 12.2 Å². The number of hydrogen-bond acceptors (Lipinski definition) is 7. The highest BCUT2D eigenvalue weighted by Gasteiger charge is 2.20. The summed E-state index contributed by atoms with van der Waals surface area (Å²) in [6.45, 7) is 4.49. The second-order valence-electron chi connectivity index (χ2n) is 6.24. The highest BCUT2D eigenvalue weighted by molar-refractivity contribution is 7.71. The molecular weight excluding hydrogens is 388 g/mol. The van der Waals surface area contributed by atoms with Crippen LogP contribution in [0.5, 0.6) is 11.5 Å². The fraction of sp³-hybridized carbons (Fsp3) is 0.238. The van der Waals surface area contributed by atoms with E-state index in [2.05, 4.69) is 22.0 Å². The molecule has 0 saturated heterocycles. The molecule has 0 atom stereocenters. The van der Waals surface area contributed by atoms with Gasteiger partial charge in [-0.1, -0.05) is 37.3 Å². The van der Waals surface area contributed by atoms with Crippen molar-refractivity contribution < 1.29 is 13.9 Å². The van der Waals surface area contributed by atoms with E-state index in [-0.39, 0.29) is 10.6 Å². The second kappa shape index (κ2) is 8.00. The molecule has 0 unspecified atom stereocenters. The molecule has 2 aromatic carbocycles. The zero-order valence-electron chi connectivity index (χ0n) is 16.4. The highest BCUT2D eigenvalue weighted by atomic mass is 32.1. The van der Waals surface area contributed by atoms with Crippen LogP contribution in [0.3, 0.4) is 0 Å². The lowest BCUT2D eigenvalue weighted by Crippen LogP contribution is -2.01. The van der Waals surface area contributed by atoms with E-state index in [0.29, 0.717) is 24.1 Å². The molecule has 8 heteroatoms. The van der Waals surface area contributed by atoms with Gasteiger partial charge in [-0.25, -0.2) is 0 Å². The SMILES string of the molecule is CCOc1cc(OC)c(CC)cc1-c1nn2c(-c3ccccc3)nc(=S)nc2o1. The summed E-state index contributed by atoms with van der Waals surface area (Å²) in [7, 11) is 1.64. The first-order valence-corrected chi connectivity index (χ1v) is 9.72. The van der Waals surface area contributed by atoms with E-state index in [4.69, 9.17) is 26.1 Å². The Morgan fingerprint density at radius 2 is 1.86 bits per heavy atom. The fourth-order valence-electron chi connectivity index (χ4n) is 3.13. The van der Waals surface area contributed by atoms with Gasteiger partial charge in [-0.2, -0.15) is 14.5 Å². The summed E-state index contributed by atoms with van der Waals surface area (Å²) in [6.07, 6.45) is 0.793. The largest absolute Gasteiger partial charge is 0.496 e. The van der Waals surface area contributed by atoms with Crippen LogP contribution in [0.15, 0.2) is 46.9 Å². The standard InChI is InChI=1S/C21H20N4O3S/c1-4-13-11-15(17(27-5-2)12-16(13)26-3)19-24-25-18(14-9-7-6-8-10-14)22-20(29)23-21(25)28-19/h6-12H,4-5H2,1-3H3. The predicted octanol–water partition coefficient (Wildman–Crippen LogP) is 4.75. The van der Waals surface area contributed by atoms with Crippen LogP contribution in [0.4, 0.5) is 0 Å². The van der Waals surface area contributed by atoms with Gasteiger partial charge in [-0.15, -0.1) is 5.10 Å². The van der Waals surface area contributed by atoms with Crippen molar-refractivity contribution >= 4 is 18.1 Å². The van der Waals surface area contributed by atoms with E-state index in [9.17, 15) is 0 Å². The summed E-state index contributed by atoms with van der Waals surface area (Å²) in [5.74, 6) is 2.61. The first kappa shape index (κ1) is 19.1. The molecule has 148 valence electrons. The Kier molecular flexibility index (Phi) is 5.26. The first-order chi connectivity index (χ1) is 14.1. The van der Waals surface area contributed by atoms with Crippen molar-refractivity contribution in [3.63, 3.8) is 0 Å². The van der Waals surface area contributed by atoms with Gasteiger partial charge in [0.25, 0.3) is 5.89 Å². The molecule has 0 N–H and O–H groups in total. The average Bonchev–Trinajstić information content (AvgIpc) is 3.17. The Labute approximate surface area is 173 Å². The molecule has 2 aromatic heterocycles. The number of methoxy groups -OCH3 is 1. The number of aromatic nitrogens is 4. The van der Waals surface area contributed by atoms with Gasteiger partial charge in [-0.05, 0) is 37.2 Å². The van der Waals surface area contributed by atoms with E-state index in [0.717, 1.165) is 28.9 Å². The van der Waals surface area contributed by atoms with Gasteiger partial charge in [0, 0.05) is 11.6 Å². The maximum atomic E-state index is 5.97. The minimum absolute atomic E-state index is 0.195. The molecule has 4 aromatic rings. The molecule has 7 nitrogen and oxygen atoms in total. The molecule has 0 bridgehead atoms. The van der Waals surface area contributed by atoms with Gasteiger partial charge in [0.05, 0.1) is 19.3 Å². The number of hydrogen-bond donors (Lipinski definition) is 0. The van der Waals surface area contributed by atoms with Crippen LogP contribution in [0.25, 0.3) is 28.7 Å². The minimum Gasteiger partial charge on any atom is -0.496 e. The quantitative estimate of drug-likeness (QED) is 0.426. The summed E-state index contributed by atoms with van der Waals surface area (Å²) < 4.78 is 19.0. The monoisotopic (exact) mass is 408 g/mol. The Morgan fingerprint density at radius 3 is 2.55 bits per heavy atom. The third kappa shape index (κ3) is 3.58. The third-order valence-corrected chi connectivity index (χ3v) is 4.66. The van der Waals surface area contributed by atoms with Crippen molar-refractivity contribution in [1.82, 2.24) is 19.6 Å². The van der Waals surface area contributed by atoms with Crippen LogP contribution in [0.1, 0.15) is 19.4 Å². The van der Waals surface area contributed by atoms with Crippen LogP contribution in [-0.4, -0.2) is 33.3 Å². The van der Waals surface area contributed by atoms with Gasteiger partial charge in [-0.3, -0.25) is 0 Å². The molecule has 0 aliphatic heterocycles. The van der Waals surface area contributed by atoms with Crippen LogP contribution in [-0.2, 0) is 6.42 Å². The number of ether oxygens (including phenoxy) is 2. The zero-order chi connectivity index (χ0) is 20.4. The minimum atomic E-state index is 0.195. The summed E-state index contributed by atoms with van der Waals surface area (Å²) in [5.41, 5.74) is 2.61. The van der Waals surface area contributed by atoms with E-state index < -0.39 is 0 Å². The molecule has 2 heterocycles. The van der Waals surface area contributed by atoms with E-state index in [1.807, 2.05) is 49.4 Å². The van der Waals surface area contributed by atoms with Gasteiger partial charge < -0.3 is 13.9 Å². The molecule has 0 spiro atoms. The smallest absolute Gasteiger partial charge is 0.329 e. The fourth-order valence-corrected chi connectivity index (χ4v) is 3.30. The van der Waals surface area contributed by atoms with Gasteiger partial charge in [0.2, 0.25) is 4.77 Å². The first-order valence-electron chi connectivity index (χ1n) is 9.32. The van der Waals surface area contributed by atoms with Crippen LogP contribution in [0.2, 0.25) is 0 Å². The number of benzene rings is 2. The Hall–Kier alpha value is -3.26. The van der Waals surface area contributed by atoms with Crippen molar-refractivity contribution in [3.8, 4) is 34.3 Å². The molecule has 0 fully saturated rings. The topological polar surface area (TPSA) is 74.7 Å². The summed E-state index contributed by atoms with van der Waals surface area (Å²) in [6, 6.07) is 13.5. The predicted molar refractivity (Wildman–Crippen MR) is 112 cm³/mol. The van der Waals surface area contributed by atoms with E-state index in [1.165, 1.54) is 0 Å². The summed E-state index contributed by atoms with van der Waals surface area (Å²) >= 11 is 5.23. The molecule has 0 amide bonds. The van der Waals surface area contributed by atoms with Crippen molar-refractivity contribution in [2.24, 2.45) is 0 Å². The Balaban J connectivity index is 1.95. The zero-order valence-corrected chi connectivity index (χ0v) is 17.2. The molecule has 0 saturated carbocycles. The van der Waals surface area contributed by atoms with Crippen LogP contribution in [0, 0.1) is 4.77 Å². The lowest BCUT2D eigenvalue weighted by molar-refractivity contribution is 0.336. The molecule has 29 heavy (non-hydrogen) atoms. The highest BCUT2D eigenvalue weighted by Crippen LogP contribution is 2.36. The molecule has 4 rings (SSSR count). The van der Waals surface area contributed by atoms with E-state index >= 15 is 0 Å². The number of nitrogens with zero attached hydrogens (tertiary/aromatic N) is 4. The van der Waals surface area contributed by atoms with Crippen molar-refractivity contribution in [3.05, 3.63) is 52.8 Å². The Bertz CT molecular complexity index is 1220. The third-order valence-electron chi connectivity index (χ3n) is 4.48. The van der Waals surface area contributed by atoms with Crippen LogP contribution < -0.4 is 9.47 Å². The maximum Gasteiger partial charge on any atom is 0.329 e. The normalized spacial score (nSPS) is 11.0. The number of rotatable bonds is 6.